The van der Waals surface area contributed by atoms with Crippen LogP contribution in [0.2, 0.25) is 0 Å². The molecule has 0 aliphatic carbocycles. The van der Waals surface area contributed by atoms with Crippen LogP contribution in [0.25, 0.3) is 0 Å². The average Bonchev–Trinajstić information content (AvgIpc) is 2.48. The van der Waals surface area contributed by atoms with Crippen molar-refractivity contribution in [3.05, 3.63) is 29.8 Å². The van der Waals surface area contributed by atoms with Crippen molar-refractivity contribution in [2.24, 2.45) is 0 Å². The summed E-state index contributed by atoms with van der Waals surface area (Å²) in [7, 11) is -3.70. The van der Waals surface area contributed by atoms with E-state index in [0.717, 1.165) is 5.56 Å². The molecule has 4 nitrogen and oxygen atoms in total. The zero-order chi connectivity index (χ0) is 14.4. The lowest BCUT2D eigenvalue weighted by Gasteiger charge is -2.14. The molecule has 0 amide bonds. The number of ketones is 1. The third-order valence-corrected chi connectivity index (χ3v) is 5.64. The van der Waals surface area contributed by atoms with E-state index in [1.165, 1.54) is 12.1 Å². The number of rotatable bonds is 2. The van der Waals surface area contributed by atoms with Crippen molar-refractivity contribution in [1.82, 2.24) is 0 Å². The molecule has 1 saturated heterocycles. The average molecular weight is 282 g/mol. The summed E-state index contributed by atoms with van der Waals surface area (Å²) in [6.45, 7) is 6.72. The van der Waals surface area contributed by atoms with Crippen LogP contribution in [-0.4, -0.2) is 31.2 Å². The molecule has 1 aliphatic rings. The molecule has 0 spiro atoms. The number of Topliss-reactive ketones (excluding diaryl/α,β-unsaturated/α-hetero) is 1. The topological polar surface area (TPSA) is 60.4 Å². The first-order valence-corrected chi connectivity index (χ1v) is 7.73. The summed E-state index contributed by atoms with van der Waals surface area (Å²) in [5.74, 6) is -0.374. The Labute approximate surface area is 113 Å². The second-order valence-electron chi connectivity index (χ2n) is 5.48. The lowest BCUT2D eigenvalue weighted by Crippen LogP contribution is -2.38. The monoisotopic (exact) mass is 282 g/mol. The Morgan fingerprint density at radius 1 is 1.16 bits per heavy atom. The van der Waals surface area contributed by atoms with Crippen LogP contribution in [0.15, 0.2) is 29.2 Å². The Morgan fingerprint density at radius 3 is 2.11 bits per heavy atom. The maximum atomic E-state index is 12.6. The third kappa shape index (κ3) is 2.32. The van der Waals surface area contributed by atoms with Gasteiger partial charge in [-0.3, -0.25) is 4.79 Å². The number of ether oxygens (including phenoxy) is 1. The van der Waals surface area contributed by atoms with Crippen molar-refractivity contribution in [1.29, 1.82) is 0 Å². The highest BCUT2D eigenvalue weighted by atomic mass is 32.2. The van der Waals surface area contributed by atoms with Gasteiger partial charge in [-0.2, -0.15) is 0 Å². The quantitative estimate of drug-likeness (QED) is 0.831. The number of hydrogen-bond acceptors (Lipinski definition) is 4. The molecule has 2 atom stereocenters. The molecule has 19 heavy (non-hydrogen) atoms. The van der Waals surface area contributed by atoms with Gasteiger partial charge in [0.1, 0.15) is 5.60 Å². The van der Waals surface area contributed by atoms with E-state index in [0.29, 0.717) is 0 Å². The molecule has 0 bridgehead atoms. The van der Waals surface area contributed by atoms with E-state index in [1.807, 2.05) is 6.92 Å². The minimum Gasteiger partial charge on any atom is -0.363 e. The second-order valence-corrected chi connectivity index (χ2v) is 7.55. The molecule has 0 unspecified atom stereocenters. The maximum absolute atomic E-state index is 12.6. The number of sulfone groups is 1. The van der Waals surface area contributed by atoms with Crippen LogP contribution in [0.4, 0.5) is 0 Å². The Bertz CT molecular complexity index is 599. The first-order valence-electron chi connectivity index (χ1n) is 6.19. The predicted octanol–water partition coefficient (Wildman–Crippen LogP) is 1.90. The molecule has 2 rings (SSSR count). The number of hydrogen-bond donors (Lipinski definition) is 0. The molecule has 0 N–H and O–H groups in total. The fraction of sp³-hybridized carbons (Fsp3) is 0.500. The van der Waals surface area contributed by atoms with E-state index in [2.05, 4.69) is 0 Å². The van der Waals surface area contributed by atoms with Gasteiger partial charge in [0.05, 0.1) is 11.0 Å². The summed E-state index contributed by atoms with van der Waals surface area (Å²) >= 11 is 0. The van der Waals surface area contributed by atoms with Gasteiger partial charge in [-0.15, -0.1) is 0 Å². The van der Waals surface area contributed by atoms with Gasteiger partial charge >= 0.3 is 0 Å². The molecule has 1 heterocycles. The van der Waals surface area contributed by atoms with Gasteiger partial charge in [0, 0.05) is 0 Å². The van der Waals surface area contributed by atoms with Crippen LogP contribution in [0, 0.1) is 6.92 Å². The van der Waals surface area contributed by atoms with Gasteiger partial charge in [-0.1, -0.05) is 17.7 Å². The normalized spacial score (nSPS) is 26.6. The Hall–Kier alpha value is -1.20. The molecular formula is C14H18O4S. The highest BCUT2D eigenvalue weighted by Gasteiger charge is 2.53. The van der Waals surface area contributed by atoms with E-state index in [1.54, 1.807) is 32.9 Å². The Morgan fingerprint density at radius 2 is 1.68 bits per heavy atom. The van der Waals surface area contributed by atoms with E-state index in [-0.39, 0.29) is 10.7 Å². The van der Waals surface area contributed by atoms with Crippen LogP contribution in [0.5, 0.6) is 0 Å². The minimum atomic E-state index is -3.70. The number of aryl methyl sites for hydroxylation is 1. The zero-order valence-electron chi connectivity index (χ0n) is 11.5. The molecule has 0 aromatic heterocycles. The molecule has 1 fully saturated rings. The summed E-state index contributed by atoms with van der Waals surface area (Å²) in [5, 5.41) is -1.12. The minimum absolute atomic E-state index is 0.171. The fourth-order valence-corrected chi connectivity index (χ4v) is 4.34. The summed E-state index contributed by atoms with van der Waals surface area (Å²) < 4.78 is 30.6. The van der Waals surface area contributed by atoms with Gasteiger partial charge in [-0.05, 0) is 39.8 Å². The molecule has 1 aromatic rings. The van der Waals surface area contributed by atoms with Gasteiger partial charge in [0.15, 0.2) is 20.9 Å². The SMILES string of the molecule is Cc1ccc(S(=O)(=O)[C@@H]2C(=O)C(C)(C)O[C@H]2C)cc1. The van der Waals surface area contributed by atoms with Crippen LogP contribution < -0.4 is 0 Å². The van der Waals surface area contributed by atoms with Gasteiger partial charge in [-0.25, -0.2) is 8.42 Å². The second kappa shape index (κ2) is 4.42. The van der Waals surface area contributed by atoms with Crippen LogP contribution >= 0.6 is 0 Å². The first kappa shape index (κ1) is 14.2. The highest BCUT2D eigenvalue weighted by molar-refractivity contribution is 7.93. The van der Waals surface area contributed by atoms with Crippen LogP contribution in [0.3, 0.4) is 0 Å². The molecule has 104 valence electrons. The van der Waals surface area contributed by atoms with Crippen molar-refractivity contribution in [3.8, 4) is 0 Å². The number of carbonyl (C=O) groups is 1. The Balaban J connectivity index is 2.46. The lowest BCUT2D eigenvalue weighted by atomic mass is 10.0. The lowest BCUT2D eigenvalue weighted by molar-refractivity contribution is -0.129. The molecule has 0 saturated carbocycles. The van der Waals surface area contributed by atoms with E-state index >= 15 is 0 Å². The summed E-state index contributed by atoms with van der Waals surface area (Å²) in [6.07, 6.45) is -0.631. The highest BCUT2D eigenvalue weighted by Crippen LogP contribution is 2.33. The van der Waals surface area contributed by atoms with Gasteiger partial charge in [0.2, 0.25) is 0 Å². The predicted molar refractivity (Wildman–Crippen MR) is 71.8 cm³/mol. The van der Waals surface area contributed by atoms with Crippen LogP contribution in [0.1, 0.15) is 26.3 Å². The molecule has 5 heteroatoms. The summed E-state index contributed by atoms with van der Waals surface area (Å²) in [5.41, 5.74) is -0.0664. The van der Waals surface area contributed by atoms with Crippen molar-refractivity contribution in [2.75, 3.05) is 0 Å². The van der Waals surface area contributed by atoms with Gasteiger partial charge in [0.25, 0.3) is 0 Å². The van der Waals surface area contributed by atoms with Crippen molar-refractivity contribution >= 4 is 15.6 Å². The smallest absolute Gasteiger partial charge is 0.191 e. The Kier molecular flexibility index (Phi) is 3.31. The maximum Gasteiger partial charge on any atom is 0.191 e. The molecule has 1 aromatic carbocycles. The standard InChI is InChI=1S/C14H18O4S/c1-9-5-7-11(8-6-9)19(16,17)12-10(2)18-14(3,4)13(12)15/h5-8,10,12H,1-4H3/t10-,12-/m0/s1. The number of benzene rings is 1. The number of carbonyl (C=O) groups excluding carboxylic acids is 1. The molecule has 0 radical (unpaired) electrons. The van der Waals surface area contributed by atoms with Crippen LogP contribution in [-0.2, 0) is 19.4 Å². The fourth-order valence-electron chi connectivity index (χ4n) is 2.41. The van der Waals surface area contributed by atoms with E-state index < -0.39 is 26.8 Å². The first-order chi connectivity index (χ1) is 8.66. The third-order valence-electron chi connectivity index (χ3n) is 3.44. The largest absolute Gasteiger partial charge is 0.363 e. The zero-order valence-corrected chi connectivity index (χ0v) is 12.3. The van der Waals surface area contributed by atoms with Crippen molar-refractivity contribution < 1.29 is 17.9 Å². The van der Waals surface area contributed by atoms with Crippen molar-refractivity contribution in [3.63, 3.8) is 0 Å². The summed E-state index contributed by atoms with van der Waals surface area (Å²) in [4.78, 5) is 12.4. The van der Waals surface area contributed by atoms with E-state index in [4.69, 9.17) is 4.74 Å². The van der Waals surface area contributed by atoms with E-state index in [9.17, 15) is 13.2 Å². The summed E-state index contributed by atoms with van der Waals surface area (Å²) in [6, 6.07) is 6.53. The molecular weight excluding hydrogens is 264 g/mol. The van der Waals surface area contributed by atoms with Gasteiger partial charge < -0.3 is 4.74 Å². The van der Waals surface area contributed by atoms with Crippen molar-refractivity contribution in [2.45, 2.75) is 49.5 Å². The molecule has 1 aliphatic heterocycles.